The number of nitrogens with two attached hydrogens (primary N) is 6. The van der Waals surface area contributed by atoms with Crippen molar-refractivity contribution < 1.29 is 33.6 Å². The van der Waals surface area contributed by atoms with E-state index < -0.39 is 88.0 Å². The number of carbonyl (C=O) groups excluding carboxylic acids is 7. The maximum atomic E-state index is 14.0. The summed E-state index contributed by atoms with van der Waals surface area (Å²) in [5, 5.41) is 1.24. The van der Waals surface area contributed by atoms with Crippen LogP contribution in [0.15, 0.2) is 70.6 Å². The third-order valence-electron chi connectivity index (χ3n) is 11.1. The zero-order chi connectivity index (χ0) is 46.9. The summed E-state index contributed by atoms with van der Waals surface area (Å²) in [5.74, 6) is -5.76. The van der Waals surface area contributed by atoms with Crippen LogP contribution in [0.2, 0.25) is 0 Å². The largest absolute Gasteiger partial charge is 0.370 e. The summed E-state index contributed by atoms with van der Waals surface area (Å²) in [6.45, 7) is 0.642. The van der Waals surface area contributed by atoms with Crippen molar-refractivity contribution in [2.75, 3.05) is 26.2 Å². The van der Waals surface area contributed by atoms with Gasteiger partial charge in [-0.15, -0.1) is 48.0 Å². The molecule has 2 heterocycles. The number of guanidine groups is 2. The van der Waals surface area contributed by atoms with Crippen LogP contribution >= 0.6 is 48.0 Å². The number of carbonyl (C=O) groups is 7. The first-order chi connectivity index (χ1) is 30.5. The van der Waals surface area contributed by atoms with Gasteiger partial charge in [0.1, 0.15) is 12.1 Å². The predicted molar refractivity (Wildman–Crippen MR) is 258 cm³/mol. The molecule has 8 atom stereocenters. The smallest absolute Gasteiger partial charge is 0.243 e. The molecule has 2 aromatic rings. The molecule has 2 saturated heterocycles. The number of halogens is 4. The normalized spacial score (nSPS) is 18.1. The molecule has 2 aliphatic heterocycles. The van der Waals surface area contributed by atoms with Gasteiger partial charge in [0.15, 0.2) is 40.0 Å². The second-order valence-electron chi connectivity index (χ2n) is 15.9. The van der Waals surface area contributed by atoms with E-state index in [4.69, 9.17) is 57.6 Å². The quantitative estimate of drug-likeness (QED) is 0.0225. The second kappa shape index (κ2) is 28.2. The molecular formula is C43H62Cl4N12O7. The highest BCUT2D eigenvalue weighted by molar-refractivity contribution is 6.53. The Hall–Kier alpha value is -5.05. The lowest BCUT2D eigenvalue weighted by Crippen LogP contribution is -2.56. The van der Waals surface area contributed by atoms with E-state index in [1.165, 1.54) is 9.80 Å². The minimum atomic E-state index is -2.03. The van der Waals surface area contributed by atoms with Crippen LogP contribution in [0.5, 0.6) is 0 Å². The molecule has 4 rings (SSSR count). The molecule has 2 aliphatic rings. The van der Waals surface area contributed by atoms with Crippen LogP contribution in [0, 0.1) is 0 Å². The first-order valence-corrected chi connectivity index (χ1v) is 22.2. The standard InChI is InChI=1S/C43H60Cl2N12O7.2ClH/c44-33(35(58)29(15-7-19-52-42(48)49)54-38(61)31-17-9-21-56(31)40(63)27(46)23-25-11-3-1-4-12-25)37(60)34(45)36(59)30(16-8-20-53-43(50)51)55-39(62)32-18-10-22-57(32)41(64)28(47)24-26-13-5-2-6-14-26;;/h1-6,11-14,27-34H,7-10,15-24,46-47H2,(H,54,61)(H,55,62)(H4,48,49,52)(H4,50,51,53);2*1H/t27-,28-,29+,30+,31+,32+,33?,34?;;/m1../s1. The number of benzene rings is 2. The van der Waals surface area contributed by atoms with Gasteiger partial charge in [-0.2, -0.15) is 0 Å². The Morgan fingerprint density at radius 1 is 0.591 bits per heavy atom. The number of nitrogens with one attached hydrogen (secondary N) is 2. The van der Waals surface area contributed by atoms with E-state index in [1.807, 2.05) is 60.7 Å². The fourth-order valence-electron chi connectivity index (χ4n) is 7.82. The number of hydrogen-bond acceptors (Lipinski definition) is 11. The van der Waals surface area contributed by atoms with Gasteiger partial charge in [0.25, 0.3) is 0 Å². The molecule has 0 saturated carbocycles. The molecule has 2 fully saturated rings. The minimum absolute atomic E-state index is 0. The molecule has 0 bridgehead atoms. The van der Waals surface area contributed by atoms with Crippen molar-refractivity contribution in [1.29, 1.82) is 0 Å². The number of ketones is 3. The number of nitrogens with zero attached hydrogens (tertiary/aromatic N) is 4. The molecule has 66 heavy (non-hydrogen) atoms. The van der Waals surface area contributed by atoms with Crippen molar-refractivity contribution in [1.82, 2.24) is 20.4 Å². The first kappa shape index (κ1) is 57.1. The van der Waals surface area contributed by atoms with E-state index in [0.29, 0.717) is 12.8 Å². The monoisotopic (exact) mass is 998 g/mol. The van der Waals surface area contributed by atoms with E-state index in [2.05, 4.69) is 20.6 Å². The van der Waals surface area contributed by atoms with Crippen molar-refractivity contribution in [2.24, 2.45) is 44.4 Å². The van der Waals surface area contributed by atoms with Gasteiger partial charge < -0.3 is 54.8 Å². The molecule has 23 heteroatoms. The summed E-state index contributed by atoms with van der Waals surface area (Å²) >= 11 is 13.0. The van der Waals surface area contributed by atoms with Crippen molar-refractivity contribution >= 4 is 101 Å². The summed E-state index contributed by atoms with van der Waals surface area (Å²) in [7, 11) is 0. The van der Waals surface area contributed by atoms with Crippen molar-refractivity contribution in [3.63, 3.8) is 0 Å². The first-order valence-electron chi connectivity index (χ1n) is 21.3. The summed E-state index contributed by atoms with van der Waals surface area (Å²) in [5.41, 5.74) is 36.1. The van der Waals surface area contributed by atoms with E-state index in [0.717, 1.165) is 11.1 Å². The van der Waals surface area contributed by atoms with Gasteiger partial charge in [0, 0.05) is 26.2 Å². The minimum Gasteiger partial charge on any atom is -0.370 e. The third kappa shape index (κ3) is 16.7. The van der Waals surface area contributed by atoms with Gasteiger partial charge in [0.05, 0.1) is 24.2 Å². The summed E-state index contributed by atoms with van der Waals surface area (Å²) in [6.07, 6.45) is 2.22. The van der Waals surface area contributed by atoms with Crippen LogP contribution < -0.4 is 45.0 Å². The number of Topliss-reactive ketones (excluding diaryl/α,β-unsaturated/α-hetero) is 3. The molecule has 19 nitrogen and oxygen atoms in total. The average molecular weight is 1000 g/mol. The highest BCUT2D eigenvalue weighted by Crippen LogP contribution is 2.23. The fraction of sp³-hybridized carbons (Fsp3) is 0.512. The molecule has 0 radical (unpaired) electrons. The Morgan fingerprint density at radius 2 is 0.939 bits per heavy atom. The molecule has 364 valence electrons. The van der Waals surface area contributed by atoms with E-state index in [9.17, 15) is 33.6 Å². The summed E-state index contributed by atoms with van der Waals surface area (Å²) < 4.78 is 0. The number of amides is 4. The maximum absolute atomic E-state index is 14.0. The number of hydrogen-bond donors (Lipinski definition) is 8. The van der Waals surface area contributed by atoms with Gasteiger partial charge in [-0.3, -0.25) is 43.5 Å². The lowest BCUT2D eigenvalue weighted by Gasteiger charge is -2.29. The van der Waals surface area contributed by atoms with Crippen LogP contribution in [0.4, 0.5) is 0 Å². The zero-order valence-electron chi connectivity index (χ0n) is 36.5. The SMILES string of the molecule is Cl.Cl.NC(N)=NCCC[C@H](NC(=O)[C@@H]1CCCN1C(=O)[C@H](N)Cc1ccccc1)C(=O)C(Cl)C(=O)C(Cl)C(=O)[C@H](CCCN=C(N)N)NC(=O)[C@@H]1CCCN1C(=O)[C@H](N)Cc1ccccc1. The zero-order valence-corrected chi connectivity index (χ0v) is 39.6. The lowest BCUT2D eigenvalue weighted by atomic mass is 9.95. The second-order valence-corrected chi connectivity index (χ2v) is 16.8. The summed E-state index contributed by atoms with van der Waals surface area (Å²) in [6, 6.07) is 11.8. The van der Waals surface area contributed by atoms with E-state index in [-0.39, 0.29) is 114 Å². The van der Waals surface area contributed by atoms with Crippen LogP contribution in [0.25, 0.3) is 0 Å². The highest BCUT2D eigenvalue weighted by atomic mass is 35.5. The van der Waals surface area contributed by atoms with E-state index >= 15 is 0 Å². The summed E-state index contributed by atoms with van der Waals surface area (Å²) in [4.78, 5) is 107. The number of rotatable bonds is 24. The van der Waals surface area contributed by atoms with Crippen molar-refractivity contribution in [3.8, 4) is 0 Å². The van der Waals surface area contributed by atoms with Crippen LogP contribution in [0.1, 0.15) is 62.5 Å². The third-order valence-corrected chi connectivity index (χ3v) is 12.0. The van der Waals surface area contributed by atoms with Gasteiger partial charge in [-0.05, 0) is 75.3 Å². The predicted octanol–water partition coefficient (Wildman–Crippen LogP) is -0.0491. The topological polar surface area (TPSA) is 331 Å². The molecule has 2 unspecified atom stereocenters. The number of aliphatic imine (C=N–C) groups is 2. The van der Waals surface area contributed by atoms with Gasteiger partial charge in [-0.25, -0.2) is 0 Å². The number of alkyl halides is 2. The van der Waals surface area contributed by atoms with E-state index in [1.54, 1.807) is 0 Å². The molecular weight excluding hydrogens is 938 g/mol. The Bertz CT molecular complexity index is 1870. The Kier molecular flexibility index (Phi) is 24.4. The molecule has 2 aromatic carbocycles. The molecule has 4 amide bonds. The number of likely N-dealkylation sites (tertiary alicyclic amines) is 2. The maximum Gasteiger partial charge on any atom is 0.243 e. The highest BCUT2D eigenvalue weighted by Gasteiger charge is 2.43. The molecule has 0 aromatic heterocycles. The average Bonchev–Trinajstić information content (AvgIpc) is 3.98. The lowest BCUT2D eigenvalue weighted by molar-refractivity contribution is -0.140. The Balaban J connectivity index is 0.00000748. The van der Waals surface area contributed by atoms with Gasteiger partial charge >= 0.3 is 0 Å². The molecule has 0 spiro atoms. The Labute approximate surface area is 406 Å². The Morgan fingerprint density at radius 3 is 1.27 bits per heavy atom. The van der Waals surface area contributed by atoms with Crippen LogP contribution in [-0.4, -0.2) is 136 Å². The van der Waals surface area contributed by atoms with Crippen molar-refractivity contribution in [2.45, 2.75) is 111 Å². The van der Waals surface area contributed by atoms with Crippen molar-refractivity contribution in [3.05, 3.63) is 71.8 Å². The van der Waals surface area contributed by atoms with Crippen LogP contribution in [-0.2, 0) is 46.4 Å². The molecule has 0 aliphatic carbocycles. The van der Waals surface area contributed by atoms with Gasteiger partial charge in [-0.1, -0.05) is 60.7 Å². The fourth-order valence-corrected chi connectivity index (χ4v) is 8.44. The van der Waals surface area contributed by atoms with Crippen LogP contribution in [0.3, 0.4) is 0 Å². The molecule has 14 N–H and O–H groups in total. The van der Waals surface area contributed by atoms with Gasteiger partial charge in [0.2, 0.25) is 23.6 Å².